The van der Waals surface area contributed by atoms with Crippen molar-refractivity contribution in [2.45, 2.75) is 25.8 Å². The summed E-state index contributed by atoms with van der Waals surface area (Å²) < 4.78 is 50.1. The van der Waals surface area contributed by atoms with E-state index in [1.54, 1.807) is 36.4 Å². The van der Waals surface area contributed by atoms with Gasteiger partial charge in [-0.1, -0.05) is 5.18 Å². The van der Waals surface area contributed by atoms with Crippen molar-refractivity contribution in [1.82, 2.24) is 20.7 Å². The molecule has 0 saturated carbocycles. The van der Waals surface area contributed by atoms with Gasteiger partial charge in [-0.3, -0.25) is 19.6 Å². The van der Waals surface area contributed by atoms with Crippen molar-refractivity contribution in [3.05, 3.63) is 58.8 Å². The van der Waals surface area contributed by atoms with Crippen LogP contribution in [0, 0.1) is 16.5 Å². The second-order valence-corrected chi connectivity index (χ2v) is 8.07. The number of carbonyl (C=O) groups is 2. The van der Waals surface area contributed by atoms with Gasteiger partial charge < -0.3 is 15.5 Å². The molecule has 0 unspecified atom stereocenters. The summed E-state index contributed by atoms with van der Waals surface area (Å²) in [5.41, 5.74) is 3.97. The SMILES string of the molecule is CNC.C[C@@H](CNc1cc(F)c(N2CCNN(C(=O)Cc3ccncc3)CC2)c(F)c1)N=O.O=CC(F)F. The average Bonchev–Trinajstić information content (AvgIpc) is 3.14. The van der Waals surface area contributed by atoms with Crippen LogP contribution in [0.5, 0.6) is 0 Å². The van der Waals surface area contributed by atoms with E-state index >= 15 is 0 Å². The third kappa shape index (κ3) is 11.6. The zero-order valence-electron chi connectivity index (χ0n) is 21.5. The average molecular weight is 544 g/mol. The molecule has 1 atom stereocenters. The summed E-state index contributed by atoms with van der Waals surface area (Å²) in [6.45, 7) is 3.05. The van der Waals surface area contributed by atoms with E-state index in [4.69, 9.17) is 4.79 Å². The normalized spacial score (nSPS) is 13.8. The Kier molecular flexibility index (Phi) is 15.1. The van der Waals surface area contributed by atoms with E-state index in [0.29, 0.717) is 13.1 Å². The van der Waals surface area contributed by atoms with E-state index in [9.17, 15) is 27.3 Å². The van der Waals surface area contributed by atoms with Crippen molar-refractivity contribution in [1.29, 1.82) is 0 Å². The van der Waals surface area contributed by atoms with Gasteiger partial charge >= 0.3 is 0 Å². The lowest BCUT2D eigenvalue weighted by Crippen LogP contribution is -2.44. The number of pyridine rings is 1. The van der Waals surface area contributed by atoms with E-state index in [1.165, 1.54) is 17.1 Å². The number of anilines is 2. The molecule has 3 N–H and O–H groups in total. The van der Waals surface area contributed by atoms with Crippen molar-refractivity contribution in [3.8, 4) is 0 Å². The molecule has 1 aliphatic rings. The van der Waals surface area contributed by atoms with Gasteiger partial charge in [0.15, 0.2) is 17.9 Å². The van der Waals surface area contributed by atoms with E-state index in [1.807, 2.05) is 14.1 Å². The number of nitrogens with zero attached hydrogens (tertiary/aromatic N) is 4. The van der Waals surface area contributed by atoms with Gasteiger partial charge in [0.2, 0.25) is 5.91 Å². The molecule has 1 amide bonds. The first-order valence-corrected chi connectivity index (χ1v) is 11.7. The summed E-state index contributed by atoms with van der Waals surface area (Å²) in [6, 6.07) is 5.42. The number of aldehydes is 1. The predicted octanol–water partition coefficient (Wildman–Crippen LogP) is 2.61. The molecule has 0 radical (unpaired) electrons. The number of hydrogen-bond acceptors (Lipinski definition) is 9. The van der Waals surface area contributed by atoms with Crippen LogP contribution in [0.15, 0.2) is 41.8 Å². The summed E-state index contributed by atoms with van der Waals surface area (Å²) >= 11 is 0. The minimum atomic E-state index is -2.80. The van der Waals surface area contributed by atoms with E-state index < -0.39 is 30.4 Å². The molecule has 210 valence electrons. The van der Waals surface area contributed by atoms with Crippen molar-refractivity contribution < 1.29 is 27.2 Å². The minimum Gasteiger partial charge on any atom is -0.383 e. The smallest absolute Gasteiger partial charge is 0.293 e. The van der Waals surface area contributed by atoms with Gasteiger partial charge in [-0.05, 0) is 50.8 Å². The number of aromatic nitrogens is 1. The van der Waals surface area contributed by atoms with Crippen LogP contribution in [0.2, 0.25) is 0 Å². The molecule has 2 aromatic rings. The first-order chi connectivity index (χ1) is 18.2. The molecule has 1 saturated heterocycles. The van der Waals surface area contributed by atoms with Crippen LogP contribution in [0.3, 0.4) is 0 Å². The second kappa shape index (κ2) is 17.7. The number of nitrogens with one attached hydrogen (secondary N) is 3. The third-order valence-corrected chi connectivity index (χ3v) is 4.90. The second-order valence-electron chi connectivity index (χ2n) is 8.07. The van der Waals surface area contributed by atoms with Crippen LogP contribution in [0.4, 0.5) is 28.9 Å². The lowest BCUT2D eigenvalue weighted by Gasteiger charge is -2.24. The Morgan fingerprint density at radius 2 is 1.74 bits per heavy atom. The van der Waals surface area contributed by atoms with E-state index in [2.05, 4.69) is 26.2 Å². The molecule has 10 nitrogen and oxygen atoms in total. The largest absolute Gasteiger partial charge is 0.383 e. The van der Waals surface area contributed by atoms with E-state index in [-0.39, 0.29) is 43.3 Å². The number of amides is 1. The summed E-state index contributed by atoms with van der Waals surface area (Å²) in [4.78, 5) is 37.2. The molecule has 1 aromatic heterocycles. The monoisotopic (exact) mass is 543 g/mol. The van der Waals surface area contributed by atoms with Crippen molar-refractivity contribution in [2.75, 3.05) is 57.0 Å². The van der Waals surface area contributed by atoms with Gasteiger partial charge in [0.1, 0.15) is 11.7 Å². The van der Waals surface area contributed by atoms with Gasteiger partial charge in [0, 0.05) is 44.3 Å². The lowest BCUT2D eigenvalue weighted by molar-refractivity contribution is -0.133. The Hall–Kier alpha value is -3.65. The highest BCUT2D eigenvalue weighted by atomic mass is 19.3. The highest BCUT2D eigenvalue weighted by Gasteiger charge is 2.23. The van der Waals surface area contributed by atoms with Gasteiger partial charge in [-0.15, -0.1) is 0 Å². The van der Waals surface area contributed by atoms with E-state index in [0.717, 1.165) is 5.56 Å². The maximum Gasteiger partial charge on any atom is 0.293 e. The summed E-state index contributed by atoms with van der Waals surface area (Å²) in [5.74, 6) is -1.54. The van der Waals surface area contributed by atoms with Crippen LogP contribution in [-0.2, 0) is 16.0 Å². The Balaban J connectivity index is 0.000000794. The Bertz CT molecular complexity index is 979. The zero-order valence-corrected chi connectivity index (χ0v) is 21.5. The number of hydrogen-bond donors (Lipinski definition) is 3. The number of nitroso groups, excluding NO2 is 1. The maximum absolute atomic E-state index is 14.7. The minimum absolute atomic E-state index is 0.124. The Morgan fingerprint density at radius 1 is 1.16 bits per heavy atom. The number of rotatable bonds is 8. The Morgan fingerprint density at radius 3 is 2.26 bits per heavy atom. The topological polar surface area (TPSA) is 119 Å². The zero-order chi connectivity index (χ0) is 28.5. The molecule has 0 aliphatic carbocycles. The molecule has 2 heterocycles. The highest BCUT2D eigenvalue weighted by Crippen LogP contribution is 2.27. The lowest BCUT2D eigenvalue weighted by atomic mass is 10.2. The van der Waals surface area contributed by atoms with Gasteiger partial charge in [0.25, 0.3) is 6.43 Å². The molecular weight excluding hydrogens is 510 g/mol. The third-order valence-electron chi connectivity index (χ3n) is 4.90. The maximum atomic E-state index is 14.7. The predicted molar refractivity (Wildman–Crippen MR) is 137 cm³/mol. The summed E-state index contributed by atoms with van der Waals surface area (Å²) in [5, 5.41) is 9.89. The van der Waals surface area contributed by atoms with Crippen molar-refractivity contribution in [2.24, 2.45) is 5.18 Å². The van der Waals surface area contributed by atoms with Gasteiger partial charge in [-0.2, -0.15) is 4.91 Å². The first-order valence-electron chi connectivity index (χ1n) is 11.7. The van der Waals surface area contributed by atoms with Crippen molar-refractivity contribution >= 4 is 23.6 Å². The fourth-order valence-corrected chi connectivity index (χ4v) is 3.21. The fraction of sp³-hybridized carbons (Fsp3) is 0.458. The number of hydrazine groups is 1. The number of halogens is 4. The van der Waals surface area contributed by atoms with Crippen molar-refractivity contribution in [3.63, 3.8) is 0 Å². The highest BCUT2D eigenvalue weighted by molar-refractivity contribution is 5.78. The molecule has 0 bridgehead atoms. The number of benzene rings is 1. The van der Waals surface area contributed by atoms with Gasteiger partial charge in [-0.25, -0.2) is 23.0 Å². The van der Waals surface area contributed by atoms with Crippen LogP contribution in [0.1, 0.15) is 12.5 Å². The quantitative estimate of drug-likeness (QED) is 0.264. The molecule has 38 heavy (non-hydrogen) atoms. The van der Waals surface area contributed by atoms with Crippen LogP contribution in [0.25, 0.3) is 0 Å². The Labute approximate surface area is 218 Å². The molecular formula is C24H33F4N7O3. The first kappa shape index (κ1) is 32.4. The summed E-state index contributed by atoms with van der Waals surface area (Å²) in [6.07, 6.45) is 0.253. The molecule has 1 aliphatic heterocycles. The number of carbonyl (C=O) groups excluding carboxylic acids is 2. The van der Waals surface area contributed by atoms with Crippen LogP contribution < -0.4 is 21.0 Å². The molecule has 0 spiro atoms. The summed E-state index contributed by atoms with van der Waals surface area (Å²) in [7, 11) is 3.75. The number of alkyl halides is 2. The molecule has 3 rings (SSSR count). The standard InChI is InChI=1S/C20H24F2N6O2.C2H2F2O.C2H7N/c1-14(26-30)13-24-16-11-17(21)20(18(22)12-16)27-7-6-25-28(9-8-27)19(29)10-15-2-4-23-5-3-15;3-2(4)1-5;1-3-2/h2-5,11-12,14,24-25H,6-10,13H2,1H3;1-2H;3H,1-2H3/t14-;;/m0../s1. The fourth-order valence-electron chi connectivity index (χ4n) is 3.21. The van der Waals surface area contributed by atoms with Crippen LogP contribution >= 0.6 is 0 Å². The molecule has 14 heteroatoms. The van der Waals surface area contributed by atoms with Crippen LogP contribution in [-0.4, -0.2) is 81.5 Å². The molecule has 1 aromatic carbocycles. The molecule has 1 fully saturated rings. The van der Waals surface area contributed by atoms with Gasteiger partial charge in [0.05, 0.1) is 13.0 Å².